The Balaban J connectivity index is 2.24. The van der Waals surface area contributed by atoms with Gasteiger partial charge in [0.05, 0.1) is 10.5 Å². The van der Waals surface area contributed by atoms with Crippen molar-refractivity contribution in [3.05, 3.63) is 0 Å². The monoisotopic (exact) mass is 233 g/mol. The van der Waals surface area contributed by atoms with Gasteiger partial charge in [0.25, 0.3) is 0 Å². The SMILES string of the molecule is CCCCCC1=NOCCC1Br. The van der Waals surface area contributed by atoms with Gasteiger partial charge in [0.1, 0.15) is 6.61 Å². The van der Waals surface area contributed by atoms with Crippen molar-refractivity contribution < 1.29 is 4.84 Å². The molecule has 0 amide bonds. The molecule has 2 nitrogen and oxygen atoms in total. The van der Waals surface area contributed by atoms with E-state index in [2.05, 4.69) is 28.0 Å². The topological polar surface area (TPSA) is 21.6 Å². The maximum atomic E-state index is 5.04. The fraction of sp³-hybridized carbons (Fsp3) is 0.889. The van der Waals surface area contributed by atoms with Crippen LogP contribution in [0.15, 0.2) is 5.16 Å². The lowest BCUT2D eigenvalue weighted by molar-refractivity contribution is 0.132. The van der Waals surface area contributed by atoms with Gasteiger partial charge in [0.15, 0.2) is 0 Å². The van der Waals surface area contributed by atoms with Crippen LogP contribution in [0, 0.1) is 0 Å². The normalized spacial score (nSPS) is 23.2. The van der Waals surface area contributed by atoms with E-state index >= 15 is 0 Å². The van der Waals surface area contributed by atoms with Crippen LogP contribution < -0.4 is 0 Å². The predicted octanol–water partition coefficient (Wildman–Crippen LogP) is 3.11. The maximum Gasteiger partial charge on any atom is 0.118 e. The second kappa shape index (κ2) is 5.57. The quantitative estimate of drug-likeness (QED) is 0.541. The molecular formula is C9H16BrNO. The molecule has 1 unspecified atom stereocenters. The average Bonchev–Trinajstić information content (AvgIpc) is 2.09. The zero-order chi connectivity index (χ0) is 8.81. The van der Waals surface area contributed by atoms with Gasteiger partial charge in [-0.1, -0.05) is 40.9 Å². The molecule has 0 aromatic rings. The second-order valence-electron chi connectivity index (χ2n) is 3.13. The Hall–Kier alpha value is -0.0500. The van der Waals surface area contributed by atoms with E-state index in [1.54, 1.807) is 0 Å². The molecule has 1 rings (SSSR count). The maximum absolute atomic E-state index is 5.04. The number of unbranched alkanes of at least 4 members (excludes halogenated alkanes) is 2. The summed E-state index contributed by atoms with van der Waals surface area (Å²) in [5, 5.41) is 4.05. The van der Waals surface area contributed by atoms with E-state index in [1.807, 2.05) is 0 Å². The number of oxime groups is 1. The van der Waals surface area contributed by atoms with Crippen LogP contribution in [0.1, 0.15) is 39.0 Å². The molecule has 1 aliphatic heterocycles. The van der Waals surface area contributed by atoms with Crippen molar-refractivity contribution in [3.8, 4) is 0 Å². The van der Waals surface area contributed by atoms with Gasteiger partial charge in [-0.3, -0.25) is 0 Å². The van der Waals surface area contributed by atoms with E-state index in [0.29, 0.717) is 4.83 Å². The van der Waals surface area contributed by atoms with Gasteiger partial charge in [-0.2, -0.15) is 0 Å². The summed E-state index contributed by atoms with van der Waals surface area (Å²) in [4.78, 5) is 5.50. The van der Waals surface area contributed by atoms with E-state index in [1.165, 1.54) is 25.0 Å². The van der Waals surface area contributed by atoms with Crippen molar-refractivity contribution in [1.82, 2.24) is 0 Å². The number of hydrogen-bond donors (Lipinski definition) is 0. The summed E-state index contributed by atoms with van der Waals surface area (Å²) in [7, 11) is 0. The number of alkyl halides is 1. The highest BCUT2D eigenvalue weighted by Crippen LogP contribution is 2.17. The van der Waals surface area contributed by atoms with E-state index in [4.69, 9.17) is 4.84 Å². The van der Waals surface area contributed by atoms with Crippen molar-refractivity contribution in [1.29, 1.82) is 0 Å². The number of halogens is 1. The largest absolute Gasteiger partial charge is 0.396 e. The van der Waals surface area contributed by atoms with E-state index < -0.39 is 0 Å². The fourth-order valence-corrected chi connectivity index (χ4v) is 1.77. The highest BCUT2D eigenvalue weighted by atomic mass is 79.9. The molecule has 0 aromatic heterocycles. The van der Waals surface area contributed by atoms with Crippen LogP contribution in [0.4, 0.5) is 0 Å². The van der Waals surface area contributed by atoms with E-state index in [0.717, 1.165) is 19.4 Å². The first kappa shape index (κ1) is 10.0. The summed E-state index contributed by atoms with van der Waals surface area (Å²) in [5.41, 5.74) is 1.19. The van der Waals surface area contributed by atoms with Crippen molar-refractivity contribution in [2.24, 2.45) is 5.16 Å². The number of hydrogen-bond acceptors (Lipinski definition) is 2. The summed E-state index contributed by atoms with van der Waals surface area (Å²) < 4.78 is 0. The number of rotatable bonds is 4. The second-order valence-corrected chi connectivity index (χ2v) is 4.23. The molecule has 0 aliphatic carbocycles. The Bertz CT molecular complexity index is 159. The van der Waals surface area contributed by atoms with Gasteiger partial charge in [0, 0.05) is 6.42 Å². The Morgan fingerprint density at radius 3 is 3.08 bits per heavy atom. The summed E-state index contributed by atoms with van der Waals surface area (Å²) >= 11 is 3.60. The van der Waals surface area contributed by atoms with Gasteiger partial charge >= 0.3 is 0 Å². The number of nitrogens with zero attached hydrogens (tertiary/aromatic N) is 1. The van der Waals surface area contributed by atoms with Gasteiger partial charge in [-0.25, -0.2) is 0 Å². The van der Waals surface area contributed by atoms with Crippen LogP contribution in [0.5, 0.6) is 0 Å². The van der Waals surface area contributed by atoms with Gasteiger partial charge < -0.3 is 4.84 Å². The third-order valence-corrected chi connectivity index (χ3v) is 3.03. The zero-order valence-corrected chi connectivity index (χ0v) is 9.14. The standard InChI is InChI=1S/C9H16BrNO/c1-2-3-4-5-9-8(10)6-7-12-11-9/h8H,2-7H2,1H3. The molecule has 0 saturated carbocycles. The predicted molar refractivity (Wildman–Crippen MR) is 54.9 cm³/mol. The highest BCUT2D eigenvalue weighted by molar-refractivity contribution is 9.10. The van der Waals surface area contributed by atoms with Crippen LogP contribution in [0.25, 0.3) is 0 Å². The molecule has 0 spiro atoms. The molecule has 70 valence electrons. The lowest BCUT2D eigenvalue weighted by atomic mass is 10.1. The Morgan fingerprint density at radius 1 is 1.58 bits per heavy atom. The molecule has 3 heteroatoms. The molecule has 0 saturated heterocycles. The molecule has 0 aromatic carbocycles. The summed E-state index contributed by atoms with van der Waals surface area (Å²) in [6, 6.07) is 0. The molecule has 0 fully saturated rings. The first-order valence-electron chi connectivity index (χ1n) is 4.67. The zero-order valence-electron chi connectivity index (χ0n) is 7.55. The van der Waals surface area contributed by atoms with Crippen LogP contribution in [-0.4, -0.2) is 17.1 Å². The van der Waals surface area contributed by atoms with Gasteiger partial charge in [0.2, 0.25) is 0 Å². The average molecular weight is 234 g/mol. The van der Waals surface area contributed by atoms with Gasteiger partial charge in [-0.05, 0) is 12.8 Å². The molecule has 1 aliphatic rings. The smallest absolute Gasteiger partial charge is 0.118 e. The van der Waals surface area contributed by atoms with Crippen molar-refractivity contribution in [2.75, 3.05) is 6.61 Å². The fourth-order valence-electron chi connectivity index (χ4n) is 1.27. The van der Waals surface area contributed by atoms with Crippen LogP contribution in [0.2, 0.25) is 0 Å². The Morgan fingerprint density at radius 2 is 2.42 bits per heavy atom. The van der Waals surface area contributed by atoms with Crippen LogP contribution >= 0.6 is 15.9 Å². The molecule has 1 heterocycles. The lowest BCUT2D eigenvalue weighted by Gasteiger charge is -2.16. The molecular weight excluding hydrogens is 218 g/mol. The van der Waals surface area contributed by atoms with Gasteiger partial charge in [-0.15, -0.1) is 0 Å². The molecule has 12 heavy (non-hydrogen) atoms. The third kappa shape index (κ3) is 3.13. The molecule has 0 bridgehead atoms. The summed E-state index contributed by atoms with van der Waals surface area (Å²) in [6.45, 7) is 2.97. The lowest BCUT2D eigenvalue weighted by Crippen LogP contribution is -2.20. The summed E-state index contributed by atoms with van der Waals surface area (Å²) in [5.74, 6) is 0. The van der Waals surface area contributed by atoms with Crippen molar-refractivity contribution >= 4 is 21.6 Å². The van der Waals surface area contributed by atoms with Crippen molar-refractivity contribution in [3.63, 3.8) is 0 Å². The first-order valence-corrected chi connectivity index (χ1v) is 5.59. The molecule has 0 N–H and O–H groups in total. The first-order chi connectivity index (χ1) is 5.84. The Kier molecular flexibility index (Phi) is 4.66. The molecule has 0 radical (unpaired) electrons. The molecule has 1 atom stereocenters. The van der Waals surface area contributed by atoms with E-state index in [9.17, 15) is 0 Å². The minimum Gasteiger partial charge on any atom is -0.396 e. The van der Waals surface area contributed by atoms with Crippen molar-refractivity contribution in [2.45, 2.75) is 43.9 Å². The minimum absolute atomic E-state index is 0.461. The summed E-state index contributed by atoms with van der Waals surface area (Å²) in [6.07, 6.45) is 5.94. The van der Waals surface area contributed by atoms with Crippen LogP contribution in [0.3, 0.4) is 0 Å². The van der Waals surface area contributed by atoms with Crippen LogP contribution in [-0.2, 0) is 4.84 Å². The van der Waals surface area contributed by atoms with E-state index in [-0.39, 0.29) is 0 Å². The Labute approximate surface area is 82.5 Å². The third-order valence-electron chi connectivity index (χ3n) is 2.04. The highest BCUT2D eigenvalue weighted by Gasteiger charge is 2.16. The minimum atomic E-state index is 0.461.